The molecule has 0 aliphatic heterocycles. The summed E-state index contributed by atoms with van der Waals surface area (Å²) in [4.78, 5) is 12.6. The Labute approximate surface area is 111 Å². The molecule has 2 aromatic carbocycles. The van der Waals surface area contributed by atoms with Gasteiger partial charge in [-0.3, -0.25) is 4.79 Å². The first-order valence-corrected chi connectivity index (χ1v) is 5.88. The van der Waals surface area contributed by atoms with Crippen LogP contribution in [0.25, 0.3) is 0 Å². The summed E-state index contributed by atoms with van der Waals surface area (Å²) in [6, 6.07) is 15.3. The van der Waals surface area contributed by atoms with Crippen molar-refractivity contribution in [2.24, 2.45) is 0 Å². The van der Waals surface area contributed by atoms with E-state index in [1.807, 2.05) is 48.3 Å². The first kappa shape index (κ1) is 12.5. The molecule has 1 amide bonds. The van der Waals surface area contributed by atoms with Crippen LogP contribution in [0.15, 0.2) is 48.5 Å². The lowest BCUT2D eigenvalue weighted by molar-refractivity contribution is -0.105. The molecule has 0 aliphatic rings. The van der Waals surface area contributed by atoms with Crippen LogP contribution in [0.5, 0.6) is 0 Å². The summed E-state index contributed by atoms with van der Waals surface area (Å²) < 4.78 is 0. The zero-order valence-corrected chi connectivity index (χ0v) is 10.7. The quantitative estimate of drug-likeness (QED) is 0.851. The second-order valence-corrected chi connectivity index (χ2v) is 4.25. The largest absolute Gasteiger partial charge is 0.343 e. The van der Waals surface area contributed by atoms with Crippen molar-refractivity contribution < 1.29 is 4.79 Å². The Kier molecular flexibility index (Phi) is 3.85. The van der Waals surface area contributed by atoms with E-state index in [2.05, 4.69) is 5.32 Å². The maximum absolute atomic E-state index is 10.6. The first-order chi connectivity index (χ1) is 8.72. The van der Waals surface area contributed by atoms with Gasteiger partial charge in [0.1, 0.15) is 0 Å². The van der Waals surface area contributed by atoms with Crippen LogP contribution in [-0.2, 0) is 4.79 Å². The Hall–Kier alpha value is -2.00. The molecular formula is C14H13ClN2O. The molecule has 4 heteroatoms. The number of hydrogen-bond donors (Lipinski definition) is 1. The molecule has 0 aromatic heterocycles. The van der Waals surface area contributed by atoms with Crippen LogP contribution in [0, 0.1) is 0 Å². The van der Waals surface area contributed by atoms with Crippen LogP contribution in [0.1, 0.15) is 0 Å². The van der Waals surface area contributed by atoms with Gasteiger partial charge in [-0.1, -0.05) is 29.8 Å². The third-order valence-electron chi connectivity index (χ3n) is 2.68. The van der Waals surface area contributed by atoms with Crippen LogP contribution in [0.2, 0.25) is 5.02 Å². The maximum atomic E-state index is 10.6. The lowest BCUT2D eigenvalue weighted by Gasteiger charge is -2.22. The minimum absolute atomic E-state index is 0.588. The smallest absolute Gasteiger partial charge is 0.211 e. The van der Waals surface area contributed by atoms with Crippen molar-refractivity contribution >= 4 is 35.1 Å². The summed E-state index contributed by atoms with van der Waals surface area (Å²) in [5, 5.41) is 3.25. The molecule has 0 spiro atoms. The van der Waals surface area contributed by atoms with Gasteiger partial charge in [0.05, 0.1) is 11.4 Å². The second kappa shape index (κ2) is 5.56. The zero-order valence-electron chi connectivity index (χ0n) is 9.93. The fourth-order valence-electron chi connectivity index (χ4n) is 1.77. The van der Waals surface area contributed by atoms with Crippen LogP contribution in [-0.4, -0.2) is 13.5 Å². The number of benzene rings is 2. The van der Waals surface area contributed by atoms with Crippen LogP contribution in [0.4, 0.5) is 17.1 Å². The number of carbonyl (C=O) groups excluding carboxylic acids is 1. The van der Waals surface area contributed by atoms with Gasteiger partial charge in [0, 0.05) is 17.8 Å². The van der Waals surface area contributed by atoms with Gasteiger partial charge in [-0.2, -0.15) is 0 Å². The van der Waals surface area contributed by atoms with Crippen molar-refractivity contribution in [1.82, 2.24) is 0 Å². The highest BCUT2D eigenvalue weighted by molar-refractivity contribution is 6.31. The third-order valence-corrected chi connectivity index (χ3v) is 2.91. The number of rotatable bonds is 4. The maximum Gasteiger partial charge on any atom is 0.211 e. The van der Waals surface area contributed by atoms with E-state index >= 15 is 0 Å². The van der Waals surface area contributed by atoms with Gasteiger partial charge in [0.25, 0.3) is 0 Å². The van der Waals surface area contributed by atoms with E-state index in [1.165, 1.54) is 0 Å². The highest BCUT2D eigenvalue weighted by atomic mass is 35.5. The molecule has 0 unspecified atom stereocenters. The molecular weight excluding hydrogens is 248 g/mol. The SMILES string of the molecule is CN(c1ccccc1)c1ccc(Cl)cc1NC=O. The summed E-state index contributed by atoms with van der Waals surface area (Å²) in [7, 11) is 1.94. The molecule has 0 aliphatic carbocycles. The minimum Gasteiger partial charge on any atom is -0.343 e. The molecule has 1 N–H and O–H groups in total. The van der Waals surface area contributed by atoms with E-state index in [1.54, 1.807) is 12.1 Å². The van der Waals surface area contributed by atoms with Crippen molar-refractivity contribution in [2.75, 3.05) is 17.3 Å². The number of hydrogen-bond acceptors (Lipinski definition) is 2. The van der Waals surface area contributed by atoms with Gasteiger partial charge in [-0.25, -0.2) is 0 Å². The molecule has 18 heavy (non-hydrogen) atoms. The number of anilines is 3. The van der Waals surface area contributed by atoms with Gasteiger partial charge >= 0.3 is 0 Å². The molecule has 0 atom stereocenters. The van der Waals surface area contributed by atoms with Gasteiger partial charge in [-0.15, -0.1) is 0 Å². The number of nitrogens with one attached hydrogen (secondary N) is 1. The topological polar surface area (TPSA) is 32.3 Å². The second-order valence-electron chi connectivity index (χ2n) is 3.82. The first-order valence-electron chi connectivity index (χ1n) is 5.51. The summed E-state index contributed by atoms with van der Waals surface area (Å²) >= 11 is 5.93. The van der Waals surface area contributed by atoms with E-state index in [-0.39, 0.29) is 0 Å². The van der Waals surface area contributed by atoms with Crippen molar-refractivity contribution in [1.29, 1.82) is 0 Å². The molecule has 0 heterocycles. The number of amides is 1. The monoisotopic (exact) mass is 260 g/mol. The van der Waals surface area contributed by atoms with E-state index < -0.39 is 0 Å². The molecule has 0 fully saturated rings. The Balaban J connectivity index is 2.41. The minimum atomic E-state index is 0.588. The lowest BCUT2D eigenvalue weighted by atomic mass is 10.2. The summed E-state index contributed by atoms with van der Waals surface area (Å²) in [6.07, 6.45) is 0.647. The normalized spacial score (nSPS) is 9.89. The third kappa shape index (κ3) is 2.63. The lowest BCUT2D eigenvalue weighted by Crippen LogP contribution is -2.11. The van der Waals surface area contributed by atoms with Crippen molar-refractivity contribution in [3.63, 3.8) is 0 Å². The number of para-hydroxylation sites is 1. The molecule has 0 saturated carbocycles. The van der Waals surface area contributed by atoms with Crippen molar-refractivity contribution in [2.45, 2.75) is 0 Å². The predicted octanol–water partition coefficient (Wildman–Crippen LogP) is 3.68. The standard InChI is InChI=1S/C14H13ClN2O/c1-17(12-5-3-2-4-6-12)14-8-7-11(15)9-13(14)16-10-18/h2-10H,1H3,(H,16,18). The Morgan fingerprint density at radius 1 is 1.17 bits per heavy atom. The van der Waals surface area contributed by atoms with Crippen LogP contribution >= 0.6 is 11.6 Å². The highest BCUT2D eigenvalue weighted by Crippen LogP contribution is 2.32. The van der Waals surface area contributed by atoms with Crippen molar-refractivity contribution in [3.8, 4) is 0 Å². The molecule has 3 nitrogen and oxygen atoms in total. The van der Waals surface area contributed by atoms with E-state index in [0.29, 0.717) is 17.1 Å². The number of nitrogens with zero attached hydrogens (tertiary/aromatic N) is 1. The van der Waals surface area contributed by atoms with Gasteiger partial charge in [0.15, 0.2) is 0 Å². The number of halogens is 1. The van der Waals surface area contributed by atoms with Gasteiger partial charge in [-0.05, 0) is 30.3 Å². The molecule has 0 bridgehead atoms. The summed E-state index contributed by atoms with van der Waals surface area (Å²) in [5.74, 6) is 0. The highest BCUT2D eigenvalue weighted by Gasteiger charge is 2.09. The fourth-order valence-corrected chi connectivity index (χ4v) is 1.94. The van der Waals surface area contributed by atoms with Gasteiger partial charge in [0.2, 0.25) is 6.41 Å². The van der Waals surface area contributed by atoms with E-state index in [9.17, 15) is 4.79 Å². The molecule has 2 rings (SSSR count). The Morgan fingerprint density at radius 2 is 1.89 bits per heavy atom. The van der Waals surface area contributed by atoms with Crippen LogP contribution < -0.4 is 10.2 Å². The molecule has 92 valence electrons. The Morgan fingerprint density at radius 3 is 2.56 bits per heavy atom. The molecule has 0 saturated heterocycles. The summed E-state index contributed by atoms with van der Waals surface area (Å²) in [5.41, 5.74) is 2.61. The van der Waals surface area contributed by atoms with E-state index in [4.69, 9.17) is 11.6 Å². The summed E-state index contributed by atoms with van der Waals surface area (Å²) in [6.45, 7) is 0. The zero-order chi connectivity index (χ0) is 13.0. The Bertz CT molecular complexity index is 543. The van der Waals surface area contributed by atoms with Gasteiger partial charge < -0.3 is 10.2 Å². The number of carbonyl (C=O) groups is 1. The van der Waals surface area contributed by atoms with E-state index in [0.717, 1.165) is 11.4 Å². The van der Waals surface area contributed by atoms with Crippen molar-refractivity contribution in [3.05, 3.63) is 53.6 Å². The predicted molar refractivity (Wildman–Crippen MR) is 75.6 cm³/mol. The average molecular weight is 261 g/mol. The molecule has 0 radical (unpaired) electrons. The average Bonchev–Trinajstić information content (AvgIpc) is 2.40. The fraction of sp³-hybridized carbons (Fsp3) is 0.0714. The molecule has 2 aromatic rings. The van der Waals surface area contributed by atoms with Crippen LogP contribution in [0.3, 0.4) is 0 Å².